The molecule has 21 heavy (non-hydrogen) atoms. The van der Waals surface area contributed by atoms with E-state index in [4.69, 9.17) is 10.5 Å². The highest BCUT2D eigenvalue weighted by Gasteiger charge is 2.19. The van der Waals surface area contributed by atoms with Gasteiger partial charge in [-0.15, -0.1) is 24.8 Å². The maximum Gasteiger partial charge on any atom is 0.239 e. The van der Waals surface area contributed by atoms with Crippen LogP contribution in [0, 0.1) is 0 Å². The molecule has 7 nitrogen and oxygen atoms in total. The van der Waals surface area contributed by atoms with Crippen LogP contribution in [0.25, 0.3) is 0 Å². The molecular weight excluding hydrogens is 319 g/mol. The number of ether oxygens (including phenoxy) is 1. The largest absolute Gasteiger partial charge is 0.383 e. The summed E-state index contributed by atoms with van der Waals surface area (Å²) in [6.45, 7) is 3.81. The van der Waals surface area contributed by atoms with Gasteiger partial charge in [0.25, 0.3) is 0 Å². The van der Waals surface area contributed by atoms with Crippen molar-refractivity contribution in [3.05, 3.63) is 0 Å². The van der Waals surface area contributed by atoms with E-state index in [9.17, 15) is 9.59 Å². The van der Waals surface area contributed by atoms with E-state index >= 15 is 0 Å². The zero-order valence-corrected chi connectivity index (χ0v) is 14.2. The van der Waals surface area contributed by atoms with Gasteiger partial charge >= 0.3 is 0 Å². The van der Waals surface area contributed by atoms with Crippen molar-refractivity contribution in [2.75, 3.05) is 53.5 Å². The molecule has 0 aromatic heterocycles. The Kier molecular flexibility index (Phi) is 13.0. The molecule has 2 amide bonds. The second-order valence-electron chi connectivity index (χ2n) is 4.79. The number of piperazine rings is 1. The number of amides is 2. The fourth-order valence-corrected chi connectivity index (χ4v) is 1.89. The third-order valence-corrected chi connectivity index (χ3v) is 3.18. The van der Waals surface area contributed by atoms with E-state index in [-0.39, 0.29) is 43.2 Å². The molecule has 1 fully saturated rings. The van der Waals surface area contributed by atoms with Gasteiger partial charge < -0.3 is 25.6 Å². The van der Waals surface area contributed by atoms with Crippen LogP contribution in [0.2, 0.25) is 0 Å². The molecule has 1 aliphatic heterocycles. The summed E-state index contributed by atoms with van der Waals surface area (Å²) in [6, 6.07) is -0.677. The molecule has 0 aromatic carbocycles. The Balaban J connectivity index is 0. The zero-order chi connectivity index (χ0) is 14.3. The maximum absolute atomic E-state index is 11.9. The molecule has 1 saturated heterocycles. The smallest absolute Gasteiger partial charge is 0.239 e. The molecule has 0 aromatic rings. The average Bonchev–Trinajstić information content (AvgIpc) is 2.39. The molecule has 1 heterocycles. The molecule has 1 aliphatic rings. The van der Waals surface area contributed by atoms with Gasteiger partial charge in [0.05, 0.1) is 6.61 Å². The first kappa shape index (κ1) is 22.7. The van der Waals surface area contributed by atoms with Gasteiger partial charge in [0.2, 0.25) is 11.8 Å². The quantitative estimate of drug-likeness (QED) is 0.650. The Morgan fingerprint density at radius 2 is 1.81 bits per heavy atom. The van der Waals surface area contributed by atoms with Crippen molar-refractivity contribution in [2.45, 2.75) is 12.5 Å². The number of hydrogen-bond acceptors (Lipinski definition) is 5. The van der Waals surface area contributed by atoms with Crippen molar-refractivity contribution >= 4 is 36.6 Å². The Morgan fingerprint density at radius 1 is 1.24 bits per heavy atom. The van der Waals surface area contributed by atoms with Crippen molar-refractivity contribution in [3.8, 4) is 0 Å². The van der Waals surface area contributed by atoms with Crippen molar-refractivity contribution in [1.29, 1.82) is 0 Å². The van der Waals surface area contributed by atoms with Crippen molar-refractivity contribution < 1.29 is 14.3 Å². The van der Waals surface area contributed by atoms with Crippen LogP contribution in [0.15, 0.2) is 0 Å². The van der Waals surface area contributed by atoms with Crippen LogP contribution in [0.4, 0.5) is 0 Å². The standard InChI is InChI=1S/C12H24N4O3.2ClH/c1-15-5-7-16(8-6-15)11(17)3-4-14-12(18)10(13)9-19-2;;/h10H,3-9,13H2,1-2H3,(H,14,18);2*1H. The summed E-state index contributed by atoms with van der Waals surface area (Å²) in [5.74, 6) is -0.207. The molecule has 0 aliphatic carbocycles. The van der Waals surface area contributed by atoms with E-state index in [0.29, 0.717) is 13.0 Å². The molecule has 0 saturated carbocycles. The van der Waals surface area contributed by atoms with E-state index in [1.165, 1.54) is 7.11 Å². The molecule has 0 radical (unpaired) electrons. The molecule has 126 valence electrons. The number of likely N-dealkylation sites (N-methyl/N-ethyl adjacent to an activating group) is 1. The highest BCUT2D eigenvalue weighted by Crippen LogP contribution is 2.01. The van der Waals surface area contributed by atoms with Gasteiger partial charge in [-0.05, 0) is 7.05 Å². The number of nitrogens with one attached hydrogen (secondary N) is 1. The number of nitrogens with two attached hydrogens (primary N) is 1. The highest BCUT2D eigenvalue weighted by molar-refractivity contribution is 5.85. The van der Waals surface area contributed by atoms with E-state index in [1.807, 2.05) is 11.9 Å². The van der Waals surface area contributed by atoms with Gasteiger partial charge in [-0.1, -0.05) is 0 Å². The van der Waals surface area contributed by atoms with Crippen LogP contribution in [-0.2, 0) is 14.3 Å². The molecule has 1 rings (SSSR count). The van der Waals surface area contributed by atoms with Crippen molar-refractivity contribution in [1.82, 2.24) is 15.1 Å². The topological polar surface area (TPSA) is 87.9 Å². The van der Waals surface area contributed by atoms with Crippen molar-refractivity contribution in [2.24, 2.45) is 5.73 Å². The first-order valence-electron chi connectivity index (χ1n) is 6.53. The summed E-state index contributed by atoms with van der Waals surface area (Å²) in [5, 5.41) is 2.64. The first-order chi connectivity index (χ1) is 9.04. The Hall–Kier alpha value is -0.600. The summed E-state index contributed by atoms with van der Waals surface area (Å²) in [5.41, 5.74) is 5.56. The minimum atomic E-state index is -0.677. The lowest BCUT2D eigenvalue weighted by Gasteiger charge is -2.32. The predicted molar refractivity (Wildman–Crippen MR) is 86.1 cm³/mol. The zero-order valence-electron chi connectivity index (χ0n) is 12.5. The van der Waals surface area contributed by atoms with Crippen LogP contribution in [0.3, 0.4) is 0 Å². The highest BCUT2D eigenvalue weighted by atomic mass is 35.5. The third-order valence-electron chi connectivity index (χ3n) is 3.18. The van der Waals surface area contributed by atoms with Gasteiger partial charge in [-0.2, -0.15) is 0 Å². The second kappa shape index (κ2) is 12.0. The normalized spacial score (nSPS) is 16.4. The Morgan fingerprint density at radius 3 is 2.33 bits per heavy atom. The molecule has 3 N–H and O–H groups in total. The Labute approximate surface area is 138 Å². The average molecular weight is 345 g/mol. The summed E-state index contributed by atoms with van der Waals surface area (Å²) in [7, 11) is 3.53. The number of methoxy groups -OCH3 is 1. The van der Waals surface area contributed by atoms with E-state index in [2.05, 4.69) is 10.2 Å². The van der Waals surface area contributed by atoms with Crippen LogP contribution >= 0.6 is 24.8 Å². The molecule has 0 bridgehead atoms. The van der Waals surface area contributed by atoms with Gasteiger partial charge in [-0.3, -0.25) is 9.59 Å². The van der Waals surface area contributed by atoms with E-state index in [0.717, 1.165) is 26.2 Å². The first-order valence-corrected chi connectivity index (χ1v) is 6.53. The summed E-state index contributed by atoms with van der Waals surface area (Å²) >= 11 is 0. The molecular formula is C12H26Cl2N4O3. The van der Waals surface area contributed by atoms with Crippen LogP contribution in [-0.4, -0.2) is 81.1 Å². The molecule has 1 unspecified atom stereocenters. The van der Waals surface area contributed by atoms with Crippen LogP contribution in [0.1, 0.15) is 6.42 Å². The maximum atomic E-state index is 11.9. The van der Waals surface area contributed by atoms with E-state index in [1.54, 1.807) is 0 Å². The fourth-order valence-electron chi connectivity index (χ4n) is 1.89. The summed E-state index contributed by atoms with van der Waals surface area (Å²) in [4.78, 5) is 27.4. The third kappa shape index (κ3) is 8.43. The summed E-state index contributed by atoms with van der Waals surface area (Å²) < 4.78 is 4.79. The fraction of sp³-hybridized carbons (Fsp3) is 0.833. The number of rotatable bonds is 6. The van der Waals surface area contributed by atoms with Gasteiger partial charge in [0, 0.05) is 46.3 Å². The second-order valence-corrected chi connectivity index (χ2v) is 4.79. The summed E-state index contributed by atoms with van der Waals surface area (Å²) in [6.07, 6.45) is 0.315. The minimum absolute atomic E-state index is 0. The lowest BCUT2D eigenvalue weighted by Crippen LogP contribution is -2.48. The number of halogens is 2. The lowest BCUT2D eigenvalue weighted by molar-refractivity contribution is -0.132. The SMILES string of the molecule is COCC(N)C(=O)NCCC(=O)N1CCN(C)CC1.Cl.Cl. The van der Waals surface area contributed by atoms with Gasteiger partial charge in [0.1, 0.15) is 6.04 Å². The van der Waals surface area contributed by atoms with Gasteiger partial charge in [-0.25, -0.2) is 0 Å². The van der Waals surface area contributed by atoms with Crippen LogP contribution in [0.5, 0.6) is 0 Å². The number of hydrogen-bond donors (Lipinski definition) is 2. The predicted octanol–water partition coefficient (Wildman–Crippen LogP) is -0.916. The molecule has 9 heteroatoms. The number of carbonyl (C=O) groups excluding carboxylic acids is 2. The van der Waals surface area contributed by atoms with Gasteiger partial charge in [0.15, 0.2) is 0 Å². The van der Waals surface area contributed by atoms with E-state index < -0.39 is 6.04 Å². The molecule has 1 atom stereocenters. The molecule has 0 spiro atoms. The van der Waals surface area contributed by atoms with Crippen LogP contribution < -0.4 is 11.1 Å². The lowest BCUT2D eigenvalue weighted by atomic mass is 10.2. The monoisotopic (exact) mass is 344 g/mol. The van der Waals surface area contributed by atoms with Crippen molar-refractivity contribution in [3.63, 3.8) is 0 Å². The Bertz CT molecular complexity index is 313. The number of nitrogens with zero attached hydrogens (tertiary/aromatic N) is 2. The number of carbonyl (C=O) groups is 2. The minimum Gasteiger partial charge on any atom is -0.383 e.